The number of benzene rings is 1. The molecule has 0 heterocycles. The van der Waals surface area contributed by atoms with E-state index in [1.54, 1.807) is 0 Å². The van der Waals surface area contributed by atoms with Gasteiger partial charge in [-0.3, -0.25) is 0 Å². The Morgan fingerprint density at radius 3 is 2.07 bits per heavy atom. The lowest BCUT2D eigenvalue weighted by Crippen LogP contribution is -2.46. The van der Waals surface area contributed by atoms with Crippen LogP contribution in [0.4, 0.5) is 0 Å². The minimum atomic E-state index is -0.794. The Morgan fingerprint density at radius 2 is 1.64 bits per heavy atom. The normalized spacial score (nSPS) is 16.4. The average molecular weight is 210 g/mol. The third-order valence-electron chi connectivity index (χ3n) is 3.15. The van der Waals surface area contributed by atoms with Crippen molar-refractivity contribution in [2.45, 2.75) is 31.8 Å². The summed E-state index contributed by atoms with van der Waals surface area (Å²) in [6.07, 6.45) is 0. The SMILES string of the molecule is CC(O)(CS)C(C)(C)c1ccccc1. The van der Waals surface area contributed by atoms with E-state index in [0.717, 1.165) is 5.56 Å². The highest BCUT2D eigenvalue weighted by Crippen LogP contribution is 2.35. The molecule has 1 N–H and O–H groups in total. The molecule has 2 heteroatoms. The van der Waals surface area contributed by atoms with Crippen molar-refractivity contribution < 1.29 is 5.11 Å². The van der Waals surface area contributed by atoms with E-state index in [0.29, 0.717) is 5.75 Å². The fourth-order valence-electron chi connectivity index (χ4n) is 1.36. The zero-order chi connectivity index (χ0) is 10.8. The van der Waals surface area contributed by atoms with Crippen LogP contribution in [0.3, 0.4) is 0 Å². The van der Waals surface area contributed by atoms with E-state index in [9.17, 15) is 5.11 Å². The van der Waals surface area contributed by atoms with E-state index >= 15 is 0 Å². The van der Waals surface area contributed by atoms with Crippen LogP contribution in [-0.4, -0.2) is 16.5 Å². The van der Waals surface area contributed by atoms with Crippen LogP contribution in [0.2, 0.25) is 0 Å². The van der Waals surface area contributed by atoms with Crippen LogP contribution < -0.4 is 0 Å². The van der Waals surface area contributed by atoms with Crippen LogP contribution >= 0.6 is 12.6 Å². The van der Waals surface area contributed by atoms with E-state index in [-0.39, 0.29) is 5.41 Å². The molecule has 0 amide bonds. The topological polar surface area (TPSA) is 20.2 Å². The van der Waals surface area contributed by atoms with Crippen molar-refractivity contribution in [1.29, 1.82) is 0 Å². The third-order valence-corrected chi connectivity index (χ3v) is 3.77. The maximum absolute atomic E-state index is 10.2. The lowest BCUT2D eigenvalue weighted by molar-refractivity contribution is 0.0147. The summed E-state index contributed by atoms with van der Waals surface area (Å²) >= 11 is 4.19. The first kappa shape index (κ1) is 11.6. The Labute approximate surface area is 91.6 Å². The molecule has 0 bridgehead atoms. The molecule has 0 aliphatic carbocycles. The lowest BCUT2D eigenvalue weighted by atomic mass is 9.72. The highest BCUT2D eigenvalue weighted by molar-refractivity contribution is 7.80. The van der Waals surface area contributed by atoms with Gasteiger partial charge in [0.2, 0.25) is 0 Å². The maximum Gasteiger partial charge on any atom is 0.0797 e. The van der Waals surface area contributed by atoms with Crippen LogP contribution in [0.1, 0.15) is 26.3 Å². The summed E-state index contributed by atoms with van der Waals surface area (Å²) in [7, 11) is 0. The van der Waals surface area contributed by atoms with Crippen molar-refractivity contribution in [3.8, 4) is 0 Å². The smallest absolute Gasteiger partial charge is 0.0797 e. The number of hydrogen-bond acceptors (Lipinski definition) is 2. The molecule has 0 fully saturated rings. The van der Waals surface area contributed by atoms with Crippen LogP contribution in [-0.2, 0) is 5.41 Å². The molecular formula is C12H18OS. The van der Waals surface area contributed by atoms with Gasteiger partial charge in [0.25, 0.3) is 0 Å². The summed E-state index contributed by atoms with van der Waals surface area (Å²) in [6, 6.07) is 10.0. The highest BCUT2D eigenvalue weighted by Gasteiger charge is 2.39. The third kappa shape index (κ3) is 1.96. The quantitative estimate of drug-likeness (QED) is 0.735. The van der Waals surface area contributed by atoms with Crippen molar-refractivity contribution in [3.63, 3.8) is 0 Å². The van der Waals surface area contributed by atoms with Gasteiger partial charge in [-0.1, -0.05) is 44.2 Å². The molecule has 0 aliphatic rings. The minimum Gasteiger partial charge on any atom is -0.388 e. The second-order valence-corrected chi connectivity index (χ2v) is 4.74. The zero-order valence-corrected chi connectivity index (χ0v) is 9.88. The Bertz CT molecular complexity index is 290. The number of thiol groups is 1. The maximum atomic E-state index is 10.2. The van der Waals surface area contributed by atoms with Crippen molar-refractivity contribution in [2.24, 2.45) is 0 Å². The first-order chi connectivity index (χ1) is 6.42. The average Bonchev–Trinajstić information content (AvgIpc) is 2.19. The lowest BCUT2D eigenvalue weighted by Gasteiger charge is -2.39. The monoisotopic (exact) mass is 210 g/mol. The number of aliphatic hydroxyl groups is 1. The van der Waals surface area contributed by atoms with Gasteiger partial charge in [-0.2, -0.15) is 12.6 Å². The molecule has 1 aromatic rings. The summed E-state index contributed by atoms with van der Waals surface area (Å²) in [6.45, 7) is 5.91. The molecule has 1 aromatic carbocycles. The summed E-state index contributed by atoms with van der Waals surface area (Å²) in [5.74, 6) is 0.453. The fourth-order valence-corrected chi connectivity index (χ4v) is 1.76. The second-order valence-electron chi connectivity index (χ2n) is 4.42. The fraction of sp³-hybridized carbons (Fsp3) is 0.500. The van der Waals surface area contributed by atoms with Gasteiger partial charge in [-0.25, -0.2) is 0 Å². The Kier molecular flexibility index (Phi) is 3.28. The molecule has 0 saturated heterocycles. The van der Waals surface area contributed by atoms with Gasteiger partial charge >= 0.3 is 0 Å². The van der Waals surface area contributed by atoms with E-state index in [2.05, 4.69) is 12.6 Å². The van der Waals surface area contributed by atoms with Crippen LogP contribution in [0.25, 0.3) is 0 Å². The number of hydrogen-bond donors (Lipinski definition) is 2. The summed E-state index contributed by atoms with van der Waals surface area (Å²) in [5, 5.41) is 10.2. The molecule has 78 valence electrons. The van der Waals surface area contributed by atoms with Crippen molar-refractivity contribution in [2.75, 3.05) is 5.75 Å². The van der Waals surface area contributed by atoms with Gasteiger partial charge in [0.1, 0.15) is 0 Å². The molecule has 0 radical (unpaired) electrons. The summed E-state index contributed by atoms with van der Waals surface area (Å²) < 4.78 is 0. The largest absolute Gasteiger partial charge is 0.388 e. The highest BCUT2D eigenvalue weighted by atomic mass is 32.1. The zero-order valence-electron chi connectivity index (χ0n) is 8.99. The number of rotatable bonds is 3. The molecular weight excluding hydrogens is 192 g/mol. The van der Waals surface area contributed by atoms with E-state index in [4.69, 9.17) is 0 Å². The van der Waals surface area contributed by atoms with Gasteiger partial charge in [-0.15, -0.1) is 0 Å². The molecule has 1 atom stereocenters. The van der Waals surface area contributed by atoms with Crippen molar-refractivity contribution in [1.82, 2.24) is 0 Å². The molecule has 1 nitrogen and oxygen atoms in total. The first-order valence-electron chi connectivity index (χ1n) is 4.80. The molecule has 0 spiro atoms. The Balaban J connectivity index is 3.08. The molecule has 0 aromatic heterocycles. The Morgan fingerprint density at radius 1 is 1.14 bits per heavy atom. The van der Waals surface area contributed by atoms with Crippen molar-refractivity contribution in [3.05, 3.63) is 35.9 Å². The standard InChI is InChI=1S/C12H18OS/c1-11(2,12(3,13)9-14)10-7-5-4-6-8-10/h4-8,13-14H,9H2,1-3H3. The van der Waals surface area contributed by atoms with Gasteiger partial charge < -0.3 is 5.11 Å². The minimum absolute atomic E-state index is 0.282. The molecule has 1 unspecified atom stereocenters. The van der Waals surface area contributed by atoms with Crippen molar-refractivity contribution >= 4 is 12.6 Å². The summed E-state index contributed by atoms with van der Waals surface area (Å²) in [4.78, 5) is 0. The molecule has 0 saturated carbocycles. The van der Waals surface area contributed by atoms with Gasteiger partial charge in [0.05, 0.1) is 5.60 Å². The summed E-state index contributed by atoms with van der Waals surface area (Å²) in [5.41, 5.74) is 0.0621. The van der Waals surface area contributed by atoms with Gasteiger partial charge in [0, 0.05) is 11.2 Å². The predicted octanol–water partition coefficient (Wildman–Crippen LogP) is 2.65. The Hall–Kier alpha value is -0.470. The molecule has 0 aliphatic heterocycles. The van der Waals surface area contributed by atoms with Gasteiger partial charge in [0.15, 0.2) is 0 Å². The van der Waals surface area contributed by atoms with E-state index in [1.165, 1.54) is 0 Å². The van der Waals surface area contributed by atoms with Crippen LogP contribution in [0.5, 0.6) is 0 Å². The second kappa shape index (κ2) is 3.95. The predicted molar refractivity (Wildman–Crippen MR) is 63.9 cm³/mol. The van der Waals surface area contributed by atoms with Crippen LogP contribution in [0, 0.1) is 0 Å². The molecule has 14 heavy (non-hydrogen) atoms. The first-order valence-corrected chi connectivity index (χ1v) is 5.44. The van der Waals surface area contributed by atoms with E-state index in [1.807, 2.05) is 51.1 Å². The van der Waals surface area contributed by atoms with Gasteiger partial charge in [-0.05, 0) is 12.5 Å². The molecule has 1 rings (SSSR count). The van der Waals surface area contributed by atoms with E-state index < -0.39 is 5.60 Å². The van der Waals surface area contributed by atoms with Crippen LogP contribution in [0.15, 0.2) is 30.3 Å².